The van der Waals surface area contributed by atoms with E-state index < -0.39 is 0 Å². The van der Waals surface area contributed by atoms with Crippen LogP contribution in [0.4, 0.5) is 0 Å². The van der Waals surface area contributed by atoms with Crippen LogP contribution in [0.1, 0.15) is 50.0 Å². The molecule has 0 amide bonds. The van der Waals surface area contributed by atoms with Crippen LogP contribution in [0.2, 0.25) is 0 Å². The van der Waals surface area contributed by atoms with E-state index >= 15 is 0 Å². The molecule has 1 aliphatic rings. The number of rotatable bonds is 0. The SMILES string of the molecule is CC(C)(C)c1cc(Br)c2c(c1)C(O)CC2. The molecule has 1 unspecified atom stereocenters. The molecule has 0 heterocycles. The summed E-state index contributed by atoms with van der Waals surface area (Å²) in [6.45, 7) is 6.59. The number of aliphatic hydroxyl groups is 1. The van der Waals surface area contributed by atoms with E-state index in [1.165, 1.54) is 11.1 Å². The Hall–Kier alpha value is -0.340. The quantitative estimate of drug-likeness (QED) is 0.761. The van der Waals surface area contributed by atoms with E-state index in [0.29, 0.717) is 0 Å². The fourth-order valence-electron chi connectivity index (χ4n) is 2.09. The summed E-state index contributed by atoms with van der Waals surface area (Å²) in [6.07, 6.45) is 1.59. The highest BCUT2D eigenvalue weighted by Gasteiger charge is 2.25. The van der Waals surface area contributed by atoms with Crippen molar-refractivity contribution < 1.29 is 5.11 Å². The monoisotopic (exact) mass is 268 g/mol. The van der Waals surface area contributed by atoms with Crippen LogP contribution in [0.5, 0.6) is 0 Å². The molecule has 15 heavy (non-hydrogen) atoms. The molecule has 2 heteroatoms. The first-order valence-corrected chi connectivity index (χ1v) is 6.20. The second kappa shape index (κ2) is 3.60. The van der Waals surface area contributed by atoms with Gasteiger partial charge in [-0.25, -0.2) is 0 Å². The maximum Gasteiger partial charge on any atom is 0.0796 e. The molecule has 1 aromatic rings. The molecule has 0 saturated carbocycles. The number of hydrogen-bond acceptors (Lipinski definition) is 1. The van der Waals surface area contributed by atoms with Crippen LogP contribution in [-0.2, 0) is 11.8 Å². The fraction of sp³-hybridized carbons (Fsp3) is 0.538. The zero-order chi connectivity index (χ0) is 11.2. The van der Waals surface area contributed by atoms with Gasteiger partial charge in [0.05, 0.1) is 6.10 Å². The van der Waals surface area contributed by atoms with Crippen molar-refractivity contribution in [2.24, 2.45) is 0 Å². The van der Waals surface area contributed by atoms with Crippen LogP contribution in [0.3, 0.4) is 0 Å². The van der Waals surface area contributed by atoms with Gasteiger partial charge >= 0.3 is 0 Å². The zero-order valence-electron chi connectivity index (χ0n) is 9.47. The highest BCUT2D eigenvalue weighted by Crippen LogP contribution is 2.39. The van der Waals surface area contributed by atoms with Crippen LogP contribution in [0.15, 0.2) is 16.6 Å². The average Bonchev–Trinajstić information content (AvgIpc) is 2.47. The smallest absolute Gasteiger partial charge is 0.0796 e. The lowest BCUT2D eigenvalue weighted by Gasteiger charge is -2.21. The summed E-state index contributed by atoms with van der Waals surface area (Å²) < 4.78 is 1.15. The van der Waals surface area contributed by atoms with Crippen LogP contribution in [0, 0.1) is 0 Å². The Morgan fingerprint density at radius 2 is 2.00 bits per heavy atom. The lowest BCUT2D eigenvalue weighted by atomic mass is 9.85. The summed E-state index contributed by atoms with van der Waals surface area (Å²) in [5.41, 5.74) is 3.83. The first kappa shape index (κ1) is 11.2. The molecule has 0 bridgehead atoms. The predicted molar refractivity (Wildman–Crippen MR) is 66.1 cm³/mol. The molecule has 1 nitrogen and oxygen atoms in total. The van der Waals surface area contributed by atoms with Gasteiger partial charge < -0.3 is 5.11 Å². The first-order valence-electron chi connectivity index (χ1n) is 5.40. The molecule has 1 N–H and O–H groups in total. The van der Waals surface area contributed by atoms with Crippen molar-refractivity contribution in [3.8, 4) is 0 Å². The van der Waals surface area contributed by atoms with Crippen molar-refractivity contribution in [1.29, 1.82) is 0 Å². The van der Waals surface area contributed by atoms with Crippen molar-refractivity contribution >= 4 is 15.9 Å². The number of halogens is 1. The van der Waals surface area contributed by atoms with Gasteiger partial charge in [0, 0.05) is 4.47 Å². The van der Waals surface area contributed by atoms with Crippen LogP contribution < -0.4 is 0 Å². The molecule has 0 saturated heterocycles. The van der Waals surface area contributed by atoms with E-state index in [1.54, 1.807) is 0 Å². The lowest BCUT2D eigenvalue weighted by molar-refractivity contribution is 0.180. The Kier molecular flexibility index (Phi) is 2.68. The second-order valence-corrected chi connectivity index (χ2v) is 6.18. The van der Waals surface area contributed by atoms with Crippen LogP contribution in [-0.4, -0.2) is 5.11 Å². The van der Waals surface area contributed by atoms with Crippen molar-refractivity contribution in [2.45, 2.75) is 45.1 Å². The molecule has 0 aliphatic heterocycles. The maximum absolute atomic E-state index is 9.88. The average molecular weight is 269 g/mol. The molecule has 1 atom stereocenters. The number of benzene rings is 1. The van der Waals surface area contributed by atoms with Crippen molar-refractivity contribution in [3.05, 3.63) is 33.3 Å². The third-order valence-corrected chi connectivity index (χ3v) is 3.83. The van der Waals surface area contributed by atoms with Gasteiger partial charge in [-0.2, -0.15) is 0 Å². The van der Waals surface area contributed by atoms with E-state index in [4.69, 9.17) is 0 Å². The van der Waals surface area contributed by atoms with Crippen LogP contribution in [0.25, 0.3) is 0 Å². The summed E-state index contributed by atoms with van der Waals surface area (Å²) in [5, 5.41) is 9.88. The van der Waals surface area contributed by atoms with E-state index in [9.17, 15) is 5.11 Å². The van der Waals surface area contributed by atoms with Crippen molar-refractivity contribution in [3.63, 3.8) is 0 Å². The van der Waals surface area contributed by atoms with Crippen molar-refractivity contribution in [2.75, 3.05) is 0 Å². The van der Waals surface area contributed by atoms with Gasteiger partial charge in [-0.1, -0.05) is 42.8 Å². The van der Waals surface area contributed by atoms with Gasteiger partial charge in [0.1, 0.15) is 0 Å². The maximum atomic E-state index is 9.88. The molecule has 0 aromatic heterocycles. The normalized spacial score (nSPS) is 20.5. The van der Waals surface area contributed by atoms with E-state index in [1.807, 2.05) is 0 Å². The van der Waals surface area contributed by atoms with Gasteiger partial charge in [-0.05, 0) is 41.0 Å². The molecule has 1 aromatic carbocycles. The van der Waals surface area contributed by atoms with E-state index in [0.717, 1.165) is 22.9 Å². The van der Waals surface area contributed by atoms with Crippen LogP contribution >= 0.6 is 15.9 Å². The second-order valence-electron chi connectivity index (χ2n) is 5.33. The Balaban J connectivity index is 2.56. The van der Waals surface area contributed by atoms with Gasteiger partial charge in [-0.3, -0.25) is 0 Å². The predicted octanol–water partition coefficient (Wildman–Crippen LogP) is 3.73. The minimum Gasteiger partial charge on any atom is -0.388 e. The number of aliphatic hydroxyl groups excluding tert-OH is 1. The highest BCUT2D eigenvalue weighted by molar-refractivity contribution is 9.10. The zero-order valence-corrected chi connectivity index (χ0v) is 11.1. The minimum atomic E-state index is -0.265. The summed E-state index contributed by atoms with van der Waals surface area (Å²) in [7, 11) is 0. The van der Waals surface area contributed by atoms with Gasteiger partial charge in [-0.15, -0.1) is 0 Å². The topological polar surface area (TPSA) is 20.2 Å². The van der Waals surface area contributed by atoms with Crippen molar-refractivity contribution in [1.82, 2.24) is 0 Å². The molecule has 2 rings (SSSR count). The molecule has 0 radical (unpaired) electrons. The Bertz CT molecular complexity index is 390. The minimum absolute atomic E-state index is 0.139. The van der Waals surface area contributed by atoms with Gasteiger partial charge in [0.25, 0.3) is 0 Å². The summed E-state index contributed by atoms with van der Waals surface area (Å²) >= 11 is 3.61. The number of hydrogen-bond donors (Lipinski definition) is 1. The molecular weight excluding hydrogens is 252 g/mol. The van der Waals surface area contributed by atoms with Gasteiger partial charge in [0.15, 0.2) is 0 Å². The Morgan fingerprint density at radius 1 is 1.33 bits per heavy atom. The third-order valence-electron chi connectivity index (χ3n) is 3.12. The molecular formula is C13H17BrO. The molecule has 0 spiro atoms. The standard InChI is InChI=1S/C13H17BrO/c1-13(2,3)8-6-10-9(11(14)7-8)4-5-12(10)15/h6-7,12,15H,4-5H2,1-3H3. The molecule has 1 aliphatic carbocycles. The summed E-state index contributed by atoms with van der Waals surface area (Å²) in [6, 6.07) is 4.36. The largest absolute Gasteiger partial charge is 0.388 e. The Labute approximate surface area is 99.6 Å². The summed E-state index contributed by atoms with van der Waals surface area (Å²) in [4.78, 5) is 0. The summed E-state index contributed by atoms with van der Waals surface area (Å²) in [5.74, 6) is 0. The van der Waals surface area contributed by atoms with Gasteiger partial charge in [0.2, 0.25) is 0 Å². The van der Waals surface area contributed by atoms with E-state index in [2.05, 4.69) is 48.8 Å². The fourth-order valence-corrected chi connectivity index (χ4v) is 2.76. The lowest BCUT2D eigenvalue weighted by Crippen LogP contribution is -2.12. The Morgan fingerprint density at radius 3 is 2.60 bits per heavy atom. The first-order chi connectivity index (χ1) is 6.89. The molecule has 0 fully saturated rings. The highest BCUT2D eigenvalue weighted by atomic mass is 79.9. The third kappa shape index (κ3) is 1.98. The number of fused-ring (bicyclic) bond motifs is 1. The molecule has 82 valence electrons. The van der Waals surface area contributed by atoms with E-state index in [-0.39, 0.29) is 11.5 Å².